The molecule has 0 aromatic carbocycles. The third-order valence-corrected chi connectivity index (χ3v) is 2.98. The van der Waals surface area contributed by atoms with Crippen LogP contribution in [0.5, 0.6) is 0 Å². The molecule has 1 rings (SSSR count). The van der Waals surface area contributed by atoms with E-state index in [0.29, 0.717) is 51.8 Å². The summed E-state index contributed by atoms with van der Waals surface area (Å²) in [6.45, 7) is 11.5. The smallest absolute Gasteiger partial charge is 0.409 e. The van der Waals surface area contributed by atoms with Crippen molar-refractivity contribution >= 4 is 12.0 Å². The summed E-state index contributed by atoms with van der Waals surface area (Å²) >= 11 is 0. The second-order valence-corrected chi connectivity index (χ2v) is 5.33. The molecule has 0 aromatic rings. The molecule has 0 aromatic heterocycles. The molecule has 0 spiro atoms. The van der Waals surface area contributed by atoms with E-state index in [1.807, 2.05) is 18.7 Å². The van der Waals surface area contributed by atoms with Gasteiger partial charge in [-0.3, -0.25) is 9.69 Å². The zero-order valence-electron chi connectivity index (χ0n) is 12.4. The van der Waals surface area contributed by atoms with Gasteiger partial charge in [-0.05, 0) is 5.92 Å². The fourth-order valence-corrected chi connectivity index (χ4v) is 1.86. The Morgan fingerprint density at radius 2 is 1.95 bits per heavy atom. The quantitative estimate of drug-likeness (QED) is 0.729. The Labute approximate surface area is 120 Å². The van der Waals surface area contributed by atoms with Crippen molar-refractivity contribution < 1.29 is 14.3 Å². The minimum Gasteiger partial charge on any atom is -0.449 e. The summed E-state index contributed by atoms with van der Waals surface area (Å²) in [5, 5.41) is 2.74. The SMILES string of the molecule is C=CCNC(=O)CN1CCN(C(=O)OCC(C)C)CC1. The van der Waals surface area contributed by atoms with E-state index in [4.69, 9.17) is 4.74 Å². The third kappa shape index (κ3) is 6.06. The summed E-state index contributed by atoms with van der Waals surface area (Å²) in [5.74, 6) is 0.328. The Kier molecular flexibility index (Phi) is 7.08. The van der Waals surface area contributed by atoms with Crippen molar-refractivity contribution in [3.05, 3.63) is 12.7 Å². The number of nitrogens with one attached hydrogen (secondary N) is 1. The number of amides is 2. The predicted molar refractivity (Wildman–Crippen MR) is 77.4 cm³/mol. The van der Waals surface area contributed by atoms with E-state index in [2.05, 4.69) is 11.9 Å². The summed E-state index contributed by atoms with van der Waals surface area (Å²) in [5.41, 5.74) is 0. The van der Waals surface area contributed by atoms with Crippen LogP contribution in [0.4, 0.5) is 4.79 Å². The van der Waals surface area contributed by atoms with E-state index in [-0.39, 0.29) is 12.0 Å². The summed E-state index contributed by atoms with van der Waals surface area (Å²) in [6, 6.07) is 0. The van der Waals surface area contributed by atoms with E-state index in [1.165, 1.54) is 0 Å². The molecule has 1 saturated heterocycles. The van der Waals surface area contributed by atoms with Crippen molar-refractivity contribution in [1.29, 1.82) is 0 Å². The topological polar surface area (TPSA) is 61.9 Å². The van der Waals surface area contributed by atoms with Gasteiger partial charge in [0, 0.05) is 32.7 Å². The highest BCUT2D eigenvalue weighted by Gasteiger charge is 2.23. The van der Waals surface area contributed by atoms with E-state index >= 15 is 0 Å². The first kappa shape index (κ1) is 16.5. The van der Waals surface area contributed by atoms with Gasteiger partial charge in [0.15, 0.2) is 0 Å². The van der Waals surface area contributed by atoms with E-state index in [9.17, 15) is 9.59 Å². The number of carbonyl (C=O) groups is 2. The van der Waals surface area contributed by atoms with Crippen molar-refractivity contribution in [1.82, 2.24) is 15.1 Å². The van der Waals surface area contributed by atoms with Crippen LogP contribution in [0.15, 0.2) is 12.7 Å². The first-order chi connectivity index (χ1) is 9.52. The Balaban J connectivity index is 2.24. The van der Waals surface area contributed by atoms with E-state index in [0.717, 1.165) is 0 Å². The molecule has 1 fully saturated rings. The Morgan fingerprint density at radius 1 is 1.30 bits per heavy atom. The van der Waals surface area contributed by atoms with Crippen LogP contribution >= 0.6 is 0 Å². The lowest BCUT2D eigenvalue weighted by Crippen LogP contribution is -2.51. The fourth-order valence-electron chi connectivity index (χ4n) is 1.86. The largest absolute Gasteiger partial charge is 0.449 e. The van der Waals surface area contributed by atoms with Crippen LogP contribution < -0.4 is 5.32 Å². The van der Waals surface area contributed by atoms with Gasteiger partial charge in [-0.25, -0.2) is 4.79 Å². The van der Waals surface area contributed by atoms with Crippen LogP contribution in [0.25, 0.3) is 0 Å². The van der Waals surface area contributed by atoms with Gasteiger partial charge in [-0.1, -0.05) is 19.9 Å². The zero-order chi connectivity index (χ0) is 15.0. The van der Waals surface area contributed by atoms with Crippen LogP contribution in [0.2, 0.25) is 0 Å². The lowest BCUT2D eigenvalue weighted by molar-refractivity contribution is -0.122. The highest BCUT2D eigenvalue weighted by molar-refractivity contribution is 5.78. The second-order valence-electron chi connectivity index (χ2n) is 5.33. The number of piperazine rings is 1. The van der Waals surface area contributed by atoms with Gasteiger partial charge in [0.05, 0.1) is 13.2 Å². The molecule has 0 atom stereocenters. The molecule has 114 valence electrons. The molecule has 1 N–H and O–H groups in total. The fraction of sp³-hybridized carbons (Fsp3) is 0.714. The van der Waals surface area contributed by atoms with Gasteiger partial charge >= 0.3 is 6.09 Å². The Morgan fingerprint density at radius 3 is 2.50 bits per heavy atom. The minimum absolute atomic E-state index is 0.0132. The number of carbonyl (C=O) groups excluding carboxylic acids is 2. The highest BCUT2D eigenvalue weighted by atomic mass is 16.6. The molecule has 20 heavy (non-hydrogen) atoms. The predicted octanol–water partition coefficient (Wildman–Crippen LogP) is 0.699. The monoisotopic (exact) mass is 283 g/mol. The molecule has 1 heterocycles. The molecule has 0 saturated carbocycles. The maximum atomic E-state index is 11.8. The van der Waals surface area contributed by atoms with Crippen molar-refractivity contribution in [2.75, 3.05) is 45.9 Å². The van der Waals surface area contributed by atoms with Crippen molar-refractivity contribution in [2.45, 2.75) is 13.8 Å². The number of nitrogens with zero attached hydrogens (tertiary/aromatic N) is 2. The molecule has 0 radical (unpaired) electrons. The normalized spacial score (nSPS) is 16.1. The lowest BCUT2D eigenvalue weighted by Gasteiger charge is -2.33. The van der Waals surface area contributed by atoms with Crippen LogP contribution in [0.3, 0.4) is 0 Å². The average molecular weight is 283 g/mol. The molecule has 0 unspecified atom stereocenters. The van der Waals surface area contributed by atoms with Gasteiger partial charge < -0.3 is 15.0 Å². The molecule has 1 aliphatic heterocycles. The molecule has 2 amide bonds. The summed E-state index contributed by atoms with van der Waals surface area (Å²) in [4.78, 5) is 27.1. The van der Waals surface area contributed by atoms with Gasteiger partial charge in [0.1, 0.15) is 0 Å². The maximum absolute atomic E-state index is 11.8. The number of ether oxygens (including phenoxy) is 1. The van der Waals surface area contributed by atoms with Gasteiger partial charge in [-0.15, -0.1) is 6.58 Å². The molecular weight excluding hydrogens is 258 g/mol. The summed E-state index contributed by atoms with van der Waals surface area (Å²) in [6.07, 6.45) is 1.40. The van der Waals surface area contributed by atoms with Crippen molar-refractivity contribution in [3.8, 4) is 0 Å². The second kappa shape index (κ2) is 8.58. The number of hydrogen-bond acceptors (Lipinski definition) is 4. The van der Waals surface area contributed by atoms with E-state index in [1.54, 1.807) is 11.0 Å². The summed E-state index contributed by atoms with van der Waals surface area (Å²) in [7, 11) is 0. The van der Waals surface area contributed by atoms with Crippen molar-refractivity contribution in [2.24, 2.45) is 5.92 Å². The molecule has 6 heteroatoms. The zero-order valence-corrected chi connectivity index (χ0v) is 12.4. The average Bonchev–Trinajstić information content (AvgIpc) is 2.43. The van der Waals surface area contributed by atoms with Crippen LogP contribution in [0.1, 0.15) is 13.8 Å². The Bertz CT molecular complexity index is 337. The van der Waals surface area contributed by atoms with Crippen molar-refractivity contribution in [3.63, 3.8) is 0 Å². The highest BCUT2D eigenvalue weighted by Crippen LogP contribution is 2.04. The molecular formula is C14H25N3O3. The first-order valence-electron chi connectivity index (χ1n) is 7.04. The van der Waals surface area contributed by atoms with Crippen LogP contribution in [-0.2, 0) is 9.53 Å². The molecule has 6 nitrogen and oxygen atoms in total. The lowest BCUT2D eigenvalue weighted by atomic mass is 10.2. The van der Waals surface area contributed by atoms with Gasteiger partial charge in [-0.2, -0.15) is 0 Å². The number of rotatable bonds is 6. The standard InChI is InChI=1S/C14H25N3O3/c1-4-5-15-13(18)10-16-6-8-17(9-7-16)14(19)20-11-12(2)3/h4,12H,1,5-11H2,2-3H3,(H,15,18). The maximum Gasteiger partial charge on any atom is 0.409 e. The molecule has 0 bridgehead atoms. The minimum atomic E-state index is -0.255. The molecule has 0 aliphatic carbocycles. The summed E-state index contributed by atoms with van der Waals surface area (Å²) < 4.78 is 5.19. The van der Waals surface area contributed by atoms with Gasteiger partial charge in [0.25, 0.3) is 0 Å². The molecule has 1 aliphatic rings. The van der Waals surface area contributed by atoms with Gasteiger partial charge in [0.2, 0.25) is 5.91 Å². The Hall–Kier alpha value is -1.56. The van der Waals surface area contributed by atoms with Crippen LogP contribution in [-0.4, -0.2) is 67.7 Å². The van der Waals surface area contributed by atoms with Crippen LogP contribution in [0, 0.1) is 5.92 Å². The van der Waals surface area contributed by atoms with E-state index < -0.39 is 0 Å². The number of hydrogen-bond donors (Lipinski definition) is 1. The third-order valence-electron chi connectivity index (χ3n) is 2.98. The first-order valence-corrected chi connectivity index (χ1v) is 7.04.